The van der Waals surface area contributed by atoms with E-state index in [-0.39, 0.29) is 24.6 Å². The van der Waals surface area contributed by atoms with E-state index in [1.807, 2.05) is 79.4 Å². The fourth-order valence-electron chi connectivity index (χ4n) is 4.24. The first-order chi connectivity index (χ1) is 15.0. The Morgan fingerprint density at radius 1 is 0.968 bits per heavy atom. The van der Waals surface area contributed by atoms with Crippen molar-refractivity contribution in [2.45, 2.75) is 45.2 Å². The van der Waals surface area contributed by atoms with Crippen molar-refractivity contribution >= 4 is 11.9 Å². The summed E-state index contributed by atoms with van der Waals surface area (Å²) in [5, 5.41) is 4.63. The van der Waals surface area contributed by atoms with Crippen LogP contribution in [0.15, 0.2) is 66.9 Å². The summed E-state index contributed by atoms with van der Waals surface area (Å²) in [4.78, 5) is 27.6. The number of benzene rings is 2. The molecule has 1 aliphatic heterocycles. The minimum Gasteiger partial charge on any atom is -0.452 e. The highest BCUT2D eigenvalue weighted by Gasteiger charge is 2.30. The number of para-hydroxylation sites is 1. The van der Waals surface area contributed by atoms with E-state index in [2.05, 4.69) is 5.10 Å². The van der Waals surface area contributed by atoms with Gasteiger partial charge >= 0.3 is 5.97 Å². The molecular weight excluding hydrogens is 390 g/mol. The zero-order valence-corrected chi connectivity index (χ0v) is 17.9. The van der Waals surface area contributed by atoms with Gasteiger partial charge in [-0.15, -0.1) is 0 Å². The number of piperidine rings is 1. The van der Waals surface area contributed by atoms with Crippen LogP contribution in [0.25, 0.3) is 16.9 Å². The molecule has 1 aromatic heterocycles. The summed E-state index contributed by atoms with van der Waals surface area (Å²) in [6, 6.07) is 19.4. The molecule has 0 spiro atoms. The molecule has 0 aliphatic carbocycles. The van der Waals surface area contributed by atoms with Crippen LogP contribution in [0.2, 0.25) is 0 Å². The molecule has 6 heteroatoms. The van der Waals surface area contributed by atoms with Gasteiger partial charge in [0, 0.05) is 23.8 Å². The Bertz CT molecular complexity index is 1040. The molecule has 31 heavy (non-hydrogen) atoms. The SMILES string of the molecule is C[C@@H]1CCC[C@H](C)N1C(=O)COC(=O)c1cn(-c2ccccc2)nc1-c1ccccc1. The molecule has 1 fully saturated rings. The molecule has 0 N–H and O–H groups in total. The standard InChI is InChI=1S/C25H27N3O3/c1-18-10-9-11-19(2)28(18)23(29)17-31-25(30)22-16-27(21-14-7-4-8-15-21)26-24(22)20-12-5-3-6-13-20/h3-8,12-16,18-19H,9-11,17H2,1-2H3/t18-,19+. The summed E-state index contributed by atoms with van der Waals surface area (Å²) >= 11 is 0. The summed E-state index contributed by atoms with van der Waals surface area (Å²) in [5.41, 5.74) is 2.52. The van der Waals surface area contributed by atoms with Gasteiger partial charge in [0.15, 0.2) is 6.61 Å². The van der Waals surface area contributed by atoms with Crippen LogP contribution in [0, 0.1) is 0 Å². The van der Waals surface area contributed by atoms with Crippen LogP contribution in [0.4, 0.5) is 0 Å². The van der Waals surface area contributed by atoms with Crippen LogP contribution in [-0.4, -0.2) is 45.2 Å². The van der Waals surface area contributed by atoms with Crippen LogP contribution in [0.5, 0.6) is 0 Å². The van der Waals surface area contributed by atoms with Gasteiger partial charge < -0.3 is 9.64 Å². The minimum absolute atomic E-state index is 0.148. The number of carbonyl (C=O) groups is 2. The third-order valence-electron chi connectivity index (χ3n) is 5.81. The average Bonchev–Trinajstić information content (AvgIpc) is 3.24. The third kappa shape index (κ3) is 4.53. The van der Waals surface area contributed by atoms with Crippen LogP contribution < -0.4 is 0 Å². The van der Waals surface area contributed by atoms with Gasteiger partial charge in [0.2, 0.25) is 0 Å². The summed E-state index contributed by atoms with van der Waals surface area (Å²) in [6.07, 6.45) is 4.74. The number of rotatable bonds is 5. The molecular formula is C25H27N3O3. The van der Waals surface area contributed by atoms with Gasteiger partial charge in [0.1, 0.15) is 11.3 Å². The van der Waals surface area contributed by atoms with Crippen molar-refractivity contribution in [2.75, 3.05) is 6.61 Å². The Hall–Kier alpha value is -3.41. The lowest BCUT2D eigenvalue weighted by atomic mass is 9.97. The molecule has 0 radical (unpaired) electrons. The first-order valence-corrected chi connectivity index (χ1v) is 10.7. The molecule has 1 saturated heterocycles. The average molecular weight is 418 g/mol. The topological polar surface area (TPSA) is 64.4 Å². The second-order valence-corrected chi connectivity index (χ2v) is 8.04. The van der Waals surface area contributed by atoms with Gasteiger partial charge in [-0.05, 0) is 45.2 Å². The maximum Gasteiger partial charge on any atom is 0.342 e. The predicted molar refractivity (Wildman–Crippen MR) is 119 cm³/mol. The highest BCUT2D eigenvalue weighted by molar-refractivity contribution is 5.97. The van der Waals surface area contributed by atoms with Crippen LogP contribution in [0.1, 0.15) is 43.5 Å². The van der Waals surface area contributed by atoms with Crippen molar-refractivity contribution in [3.63, 3.8) is 0 Å². The molecule has 0 saturated carbocycles. The van der Waals surface area contributed by atoms with Gasteiger partial charge in [-0.25, -0.2) is 9.48 Å². The van der Waals surface area contributed by atoms with Crippen molar-refractivity contribution in [2.24, 2.45) is 0 Å². The van der Waals surface area contributed by atoms with E-state index in [0.29, 0.717) is 11.3 Å². The van der Waals surface area contributed by atoms with Crippen LogP contribution >= 0.6 is 0 Å². The van der Waals surface area contributed by atoms with E-state index in [9.17, 15) is 9.59 Å². The smallest absolute Gasteiger partial charge is 0.342 e. The molecule has 0 unspecified atom stereocenters. The maximum atomic E-state index is 13.0. The van der Waals surface area contributed by atoms with Crippen molar-refractivity contribution in [1.29, 1.82) is 0 Å². The number of nitrogens with zero attached hydrogens (tertiary/aromatic N) is 3. The van der Waals surface area contributed by atoms with Crippen LogP contribution in [-0.2, 0) is 9.53 Å². The zero-order valence-electron chi connectivity index (χ0n) is 17.9. The molecule has 160 valence electrons. The minimum atomic E-state index is -0.549. The van der Waals surface area contributed by atoms with Gasteiger partial charge in [-0.3, -0.25) is 4.79 Å². The number of hydrogen-bond acceptors (Lipinski definition) is 4. The monoisotopic (exact) mass is 417 g/mol. The summed E-state index contributed by atoms with van der Waals surface area (Å²) in [7, 11) is 0. The molecule has 1 aliphatic rings. The van der Waals surface area contributed by atoms with Crippen molar-refractivity contribution < 1.29 is 14.3 Å². The lowest BCUT2D eigenvalue weighted by molar-refractivity contribution is -0.140. The first-order valence-electron chi connectivity index (χ1n) is 10.7. The molecule has 3 aromatic rings. The van der Waals surface area contributed by atoms with Crippen molar-refractivity contribution in [3.8, 4) is 16.9 Å². The number of carbonyl (C=O) groups excluding carboxylic acids is 2. The Balaban J connectivity index is 1.57. The largest absolute Gasteiger partial charge is 0.452 e. The van der Waals surface area contributed by atoms with Gasteiger partial charge in [-0.1, -0.05) is 48.5 Å². The fraction of sp³-hybridized carbons (Fsp3) is 0.320. The molecule has 6 nitrogen and oxygen atoms in total. The van der Waals surface area contributed by atoms with Crippen molar-refractivity contribution in [1.82, 2.24) is 14.7 Å². The highest BCUT2D eigenvalue weighted by Crippen LogP contribution is 2.25. The van der Waals surface area contributed by atoms with E-state index >= 15 is 0 Å². The second-order valence-electron chi connectivity index (χ2n) is 8.04. The summed E-state index contributed by atoms with van der Waals surface area (Å²) < 4.78 is 7.13. The second kappa shape index (κ2) is 9.16. The van der Waals surface area contributed by atoms with Gasteiger partial charge in [0.05, 0.1) is 5.69 Å². The Morgan fingerprint density at radius 2 is 1.58 bits per heavy atom. The van der Waals surface area contributed by atoms with Crippen molar-refractivity contribution in [3.05, 3.63) is 72.4 Å². The first kappa shape index (κ1) is 20.8. The number of aromatic nitrogens is 2. The lowest BCUT2D eigenvalue weighted by Crippen LogP contribution is -2.49. The van der Waals surface area contributed by atoms with E-state index < -0.39 is 5.97 Å². The number of esters is 1. The number of ether oxygens (including phenoxy) is 1. The van der Waals surface area contributed by atoms with Gasteiger partial charge in [-0.2, -0.15) is 5.10 Å². The number of hydrogen-bond donors (Lipinski definition) is 0. The molecule has 4 rings (SSSR count). The number of amides is 1. The van der Waals surface area contributed by atoms with E-state index in [1.54, 1.807) is 10.9 Å². The highest BCUT2D eigenvalue weighted by atomic mass is 16.5. The molecule has 2 heterocycles. The fourth-order valence-corrected chi connectivity index (χ4v) is 4.24. The van der Waals surface area contributed by atoms with E-state index in [0.717, 1.165) is 30.5 Å². The maximum absolute atomic E-state index is 13.0. The number of likely N-dealkylation sites (tertiary alicyclic amines) is 1. The summed E-state index contributed by atoms with van der Waals surface area (Å²) in [5.74, 6) is -0.698. The molecule has 2 aromatic carbocycles. The molecule has 2 atom stereocenters. The Morgan fingerprint density at radius 3 is 2.23 bits per heavy atom. The normalized spacial score (nSPS) is 18.6. The van der Waals surface area contributed by atoms with E-state index in [4.69, 9.17) is 4.74 Å². The molecule has 1 amide bonds. The quantitative estimate of drug-likeness (QED) is 0.574. The zero-order chi connectivity index (χ0) is 21.8. The third-order valence-corrected chi connectivity index (χ3v) is 5.81. The van der Waals surface area contributed by atoms with E-state index in [1.165, 1.54) is 0 Å². The molecule has 0 bridgehead atoms. The summed E-state index contributed by atoms with van der Waals surface area (Å²) in [6.45, 7) is 3.83. The lowest BCUT2D eigenvalue weighted by Gasteiger charge is -2.38. The predicted octanol–water partition coefficient (Wildman–Crippen LogP) is 4.49. The Labute approximate surface area is 182 Å². The Kier molecular flexibility index (Phi) is 6.16. The van der Waals surface area contributed by atoms with Crippen LogP contribution in [0.3, 0.4) is 0 Å². The van der Waals surface area contributed by atoms with Gasteiger partial charge in [0.25, 0.3) is 5.91 Å².